The quantitative estimate of drug-likeness (QED) is 0.346. The number of hydrogen-bond acceptors (Lipinski definition) is 6. The molecular formula is C12H8N3O6-. The van der Waals surface area contributed by atoms with E-state index in [9.17, 15) is 29.6 Å². The Morgan fingerprint density at radius 2 is 1.95 bits per heavy atom. The van der Waals surface area contributed by atoms with Crippen LogP contribution in [0.4, 0.5) is 10.5 Å². The number of barbiturate groups is 1. The van der Waals surface area contributed by atoms with Crippen LogP contribution in [0.3, 0.4) is 0 Å². The van der Waals surface area contributed by atoms with E-state index in [1.165, 1.54) is 13.1 Å². The van der Waals surface area contributed by atoms with Gasteiger partial charge in [0.1, 0.15) is 5.57 Å². The second-order valence-electron chi connectivity index (χ2n) is 4.17. The molecule has 0 radical (unpaired) electrons. The van der Waals surface area contributed by atoms with Gasteiger partial charge in [-0.05, 0) is 17.4 Å². The molecule has 108 valence electrons. The lowest BCUT2D eigenvalue weighted by Crippen LogP contribution is -2.52. The van der Waals surface area contributed by atoms with Crippen LogP contribution in [0, 0.1) is 10.1 Å². The number of hydrogen-bond donors (Lipinski definition) is 1. The van der Waals surface area contributed by atoms with Crippen molar-refractivity contribution in [3.63, 3.8) is 0 Å². The number of nitrogens with zero attached hydrogens (tertiary/aromatic N) is 2. The van der Waals surface area contributed by atoms with E-state index in [4.69, 9.17) is 0 Å². The summed E-state index contributed by atoms with van der Waals surface area (Å²) < 4.78 is 0. The molecule has 9 nitrogen and oxygen atoms in total. The highest BCUT2D eigenvalue weighted by molar-refractivity contribution is 6.30. The molecule has 1 heterocycles. The fraction of sp³-hybridized carbons (Fsp3) is 0.0833. The van der Waals surface area contributed by atoms with Crippen LogP contribution in [0.5, 0.6) is 5.75 Å². The van der Waals surface area contributed by atoms with E-state index < -0.39 is 34.2 Å². The van der Waals surface area contributed by atoms with Gasteiger partial charge in [0, 0.05) is 13.1 Å². The van der Waals surface area contributed by atoms with Crippen molar-refractivity contribution < 1.29 is 24.4 Å². The summed E-state index contributed by atoms with van der Waals surface area (Å²) in [6, 6.07) is 2.29. The topological polar surface area (TPSA) is 133 Å². The van der Waals surface area contributed by atoms with E-state index in [0.29, 0.717) is 4.90 Å². The van der Waals surface area contributed by atoms with E-state index in [1.54, 1.807) is 0 Å². The summed E-state index contributed by atoms with van der Waals surface area (Å²) in [6.45, 7) is 0. The largest absolute Gasteiger partial charge is 0.868 e. The molecule has 9 heteroatoms. The van der Waals surface area contributed by atoms with Crippen LogP contribution in [0.2, 0.25) is 0 Å². The van der Waals surface area contributed by atoms with Gasteiger partial charge in [0.15, 0.2) is 0 Å². The van der Waals surface area contributed by atoms with E-state index >= 15 is 0 Å². The van der Waals surface area contributed by atoms with Crippen LogP contribution >= 0.6 is 0 Å². The molecule has 1 saturated heterocycles. The molecule has 1 N–H and O–H groups in total. The molecule has 21 heavy (non-hydrogen) atoms. The first-order valence-corrected chi connectivity index (χ1v) is 5.62. The number of nitrogens with one attached hydrogen (secondary N) is 1. The lowest BCUT2D eigenvalue weighted by atomic mass is 10.1. The number of rotatable bonds is 2. The zero-order valence-corrected chi connectivity index (χ0v) is 10.7. The molecular weight excluding hydrogens is 282 g/mol. The van der Waals surface area contributed by atoms with Crippen LogP contribution in [0.1, 0.15) is 5.56 Å². The van der Waals surface area contributed by atoms with E-state index in [1.807, 2.05) is 5.32 Å². The van der Waals surface area contributed by atoms with Crippen LogP contribution in [-0.2, 0) is 9.59 Å². The number of nitro groups is 1. The van der Waals surface area contributed by atoms with Crippen LogP contribution < -0.4 is 10.4 Å². The SMILES string of the molecule is CN1C(=O)NC(=O)/C(=C\c2ccc([O-])c([N+](=O)[O-])c2)C1=O. The van der Waals surface area contributed by atoms with Crippen molar-refractivity contribution in [3.8, 4) is 5.75 Å². The van der Waals surface area contributed by atoms with Gasteiger partial charge in [-0.3, -0.25) is 29.9 Å². The summed E-state index contributed by atoms with van der Waals surface area (Å²) in [5.74, 6) is -2.52. The molecule has 2 rings (SSSR count). The maximum Gasteiger partial charge on any atom is 0.331 e. The molecule has 0 spiro atoms. The number of likely N-dealkylation sites (N-methyl/N-ethyl adjacent to an activating group) is 1. The molecule has 0 unspecified atom stereocenters. The molecule has 1 aliphatic heterocycles. The first-order valence-electron chi connectivity index (χ1n) is 5.62. The van der Waals surface area contributed by atoms with Gasteiger partial charge in [0.25, 0.3) is 17.5 Å². The minimum Gasteiger partial charge on any atom is -0.868 e. The summed E-state index contributed by atoms with van der Waals surface area (Å²) in [6.07, 6.45) is 1.08. The summed E-state index contributed by atoms with van der Waals surface area (Å²) in [5, 5.41) is 23.9. The van der Waals surface area contributed by atoms with Crippen molar-refractivity contribution in [2.75, 3.05) is 7.05 Å². The van der Waals surface area contributed by atoms with Crippen LogP contribution in [0.25, 0.3) is 6.08 Å². The molecule has 0 saturated carbocycles. The predicted octanol–water partition coefficient (Wildman–Crippen LogP) is -0.240. The fourth-order valence-electron chi connectivity index (χ4n) is 1.68. The Morgan fingerprint density at radius 1 is 1.29 bits per heavy atom. The van der Waals surface area contributed by atoms with Gasteiger partial charge in [-0.1, -0.05) is 12.1 Å². The molecule has 0 bridgehead atoms. The number of nitro benzene ring substituents is 1. The molecule has 1 aliphatic rings. The smallest absolute Gasteiger partial charge is 0.331 e. The Hall–Kier alpha value is -3.23. The van der Waals surface area contributed by atoms with Crippen LogP contribution in [-0.4, -0.2) is 34.7 Å². The Morgan fingerprint density at radius 3 is 2.57 bits per heavy atom. The third-order valence-electron chi connectivity index (χ3n) is 2.80. The van der Waals surface area contributed by atoms with Crippen molar-refractivity contribution >= 4 is 29.6 Å². The monoisotopic (exact) mass is 290 g/mol. The highest BCUT2D eigenvalue weighted by Gasteiger charge is 2.33. The molecule has 1 fully saturated rings. The summed E-state index contributed by atoms with van der Waals surface area (Å²) in [7, 11) is 1.18. The first-order chi connectivity index (χ1) is 9.81. The van der Waals surface area contributed by atoms with Gasteiger partial charge >= 0.3 is 6.03 Å². The zero-order valence-electron chi connectivity index (χ0n) is 10.7. The third kappa shape index (κ3) is 2.56. The maximum absolute atomic E-state index is 11.8. The molecule has 0 aromatic heterocycles. The van der Waals surface area contributed by atoms with Gasteiger partial charge in [-0.15, -0.1) is 0 Å². The Labute approximate surface area is 117 Å². The molecule has 0 atom stereocenters. The number of amides is 4. The predicted molar refractivity (Wildman–Crippen MR) is 66.8 cm³/mol. The normalized spacial score (nSPS) is 17.1. The van der Waals surface area contributed by atoms with Crippen molar-refractivity contribution in [2.24, 2.45) is 0 Å². The fourth-order valence-corrected chi connectivity index (χ4v) is 1.68. The van der Waals surface area contributed by atoms with Gasteiger partial charge < -0.3 is 5.11 Å². The second kappa shape index (κ2) is 5.04. The van der Waals surface area contributed by atoms with E-state index in [-0.39, 0.29) is 11.1 Å². The van der Waals surface area contributed by atoms with Crippen molar-refractivity contribution in [1.29, 1.82) is 0 Å². The molecule has 4 amide bonds. The zero-order chi connectivity index (χ0) is 15.7. The standard InChI is InChI=1S/C12H9N3O6/c1-14-11(18)7(10(17)13-12(14)19)4-6-2-3-9(16)8(5-6)15(20)21/h2-5,16H,1H3,(H,13,17,19)/p-1/b7-4+. The number of carbonyl (C=O) groups excluding carboxylic acids is 3. The molecule has 0 aliphatic carbocycles. The van der Waals surface area contributed by atoms with E-state index in [2.05, 4.69) is 0 Å². The Balaban J connectivity index is 2.46. The van der Waals surface area contributed by atoms with Gasteiger partial charge in [-0.2, -0.15) is 0 Å². The Kier molecular flexibility index (Phi) is 3.40. The number of benzene rings is 1. The summed E-state index contributed by atoms with van der Waals surface area (Å²) in [4.78, 5) is 45.2. The minimum absolute atomic E-state index is 0.127. The third-order valence-corrected chi connectivity index (χ3v) is 2.80. The summed E-state index contributed by atoms with van der Waals surface area (Å²) >= 11 is 0. The second-order valence-corrected chi connectivity index (χ2v) is 4.17. The number of urea groups is 1. The van der Waals surface area contributed by atoms with E-state index in [0.717, 1.165) is 18.2 Å². The van der Waals surface area contributed by atoms with Crippen LogP contribution in [0.15, 0.2) is 23.8 Å². The first kappa shape index (κ1) is 14.2. The minimum atomic E-state index is -0.906. The van der Waals surface area contributed by atoms with Crippen molar-refractivity contribution in [3.05, 3.63) is 39.4 Å². The average Bonchev–Trinajstić information content (AvgIpc) is 2.42. The van der Waals surface area contributed by atoms with Gasteiger partial charge in [-0.25, -0.2) is 4.79 Å². The highest BCUT2D eigenvalue weighted by Crippen LogP contribution is 2.25. The van der Waals surface area contributed by atoms with Crippen molar-refractivity contribution in [2.45, 2.75) is 0 Å². The van der Waals surface area contributed by atoms with Crippen molar-refractivity contribution in [1.82, 2.24) is 10.2 Å². The number of imide groups is 2. The average molecular weight is 290 g/mol. The van der Waals surface area contributed by atoms with Gasteiger partial charge in [0.2, 0.25) is 0 Å². The lowest BCUT2D eigenvalue weighted by molar-refractivity contribution is -0.398. The summed E-state index contributed by atoms with van der Waals surface area (Å²) in [5.41, 5.74) is -0.898. The maximum atomic E-state index is 11.8. The highest BCUT2D eigenvalue weighted by atomic mass is 16.6. The number of carbonyl (C=O) groups is 3. The Bertz CT molecular complexity index is 709. The lowest BCUT2D eigenvalue weighted by Gasteiger charge is -2.22. The molecule has 1 aromatic carbocycles. The van der Waals surface area contributed by atoms with Gasteiger partial charge in [0.05, 0.1) is 4.92 Å². The molecule has 1 aromatic rings.